The number of benzene rings is 1. The Morgan fingerprint density at radius 2 is 1.86 bits per heavy atom. The fourth-order valence-electron chi connectivity index (χ4n) is 3.28. The molecule has 0 bridgehead atoms. The molecule has 0 unspecified atom stereocenters. The predicted molar refractivity (Wildman–Crippen MR) is 103 cm³/mol. The lowest BCUT2D eigenvalue weighted by Crippen LogP contribution is -2.49. The van der Waals surface area contributed by atoms with Crippen molar-refractivity contribution >= 4 is 5.91 Å². The van der Waals surface area contributed by atoms with Gasteiger partial charge >= 0.3 is 0 Å². The fraction of sp³-hybridized carbons (Fsp3) is 0.550. The van der Waals surface area contributed by atoms with E-state index in [2.05, 4.69) is 20.4 Å². The SMILES string of the molecule is CC(C)c1noc(CN2CCN(CC(=O)N[C@@H](C)c3ccc(F)cc3F)CC2)n1. The highest BCUT2D eigenvalue weighted by Gasteiger charge is 2.22. The van der Waals surface area contributed by atoms with Gasteiger partial charge in [0, 0.05) is 43.7 Å². The summed E-state index contributed by atoms with van der Waals surface area (Å²) in [7, 11) is 0. The lowest BCUT2D eigenvalue weighted by atomic mass is 10.1. The van der Waals surface area contributed by atoms with Crippen molar-refractivity contribution in [2.45, 2.75) is 39.3 Å². The number of amides is 1. The van der Waals surface area contributed by atoms with E-state index in [9.17, 15) is 13.6 Å². The highest BCUT2D eigenvalue weighted by molar-refractivity contribution is 5.78. The summed E-state index contributed by atoms with van der Waals surface area (Å²) in [6.07, 6.45) is 0. The number of hydrogen-bond acceptors (Lipinski definition) is 6. The second-order valence-corrected chi connectivity index (χ2v) is 7.71. The summed E-state index contributed by atoms with van der Waals surface area (Å²) in [6, 6.07) is 2.84. The van der Waals surface area contributed by atoms with E-state index in [0.717, 1.165) is 32.2 Å². The quantitative estimate of drug-likeness (QED) is 0.760. The Balaban J connectivity index is 1.43. The third-order valence-electron chi connectivity index (χ3n) is 5.00. The molecule has 1 saturated heterocycles. The molecule has 1 atom stereocenters. The van der Waals surface area contributed by atoms with Gasteiger partial charge in [-0.3, -0.25) is 14.6 Å². The first-order valence-corrected chi connectivity index (χ1v) is 9.83. The maximum absolute atomic E-state index is 13.9. The number of halogens is 2. The Bertz CT molecular complexity index is 834. The zero-order valence-corrected chi connectivity index (χ0v) is 17.0. The molecule has 1 aromatic heterocycles. The molecule has 1 aliphatic heterocycles. The monoisotopic (exact) mass is 407 g/mol. The number of rotatable bonds is 7. The molecule has 29 heavy (non-hydrogen) atoms. The largest absolute Gasteiger partial charge is 0.348 e. The van der Waals surface area contributed by atoms with Crippen molar-refractivity contribution in [2.75, 3.05) is 32.7 Å². The van der Waals surface area contributed by atoms with Crippen molar-refractivity contribution in [1.82, 2.24) is 25.3 Å². The van der Waals surface area contributed by atoms with E-state index >= 15 is 0 Å². The molecule has 0 spiro atoms. The van der Waals surface area contributed by atoms with Crippen molar-refractivity contribution in [3.63, 3.8) is 0 Å². The average Bonchev–Trinajstić information content (AvgIpc) is 3.12. The van der Waals surface area contributed by atoms with Crippen LogP contribution in [0.25, 0.3) is 0 Å². The van der Waals surface area contributed by atoms with E-state index in [1.165, 1.54) is 12.1 Å². The minimum atomic E-state index is -0.659. The normalized spacial score (nSPS) is 16.9. The van der Waals surface area contributed by atoms with Gasteiger partial charge in [-0.25, -0.2) is 8.78 Å². The summed E-state index contributed by atoms with van der Waals surface area (Å²) in [5.41, 5.74) is 0.268. The van der Waals surface area contributed by atoms with Crippen LogP contribution < -0.4 is 5.32 Å². The van der Waals surface area contributed by atoms with Gasteiger partial charge in [-0.1, -0.05) is 25.1 Å². The van der Waals surface area contributed by atoms with Gasteiger partial charge in [-0.2, -0.15) is 4.98 Å². The fourth-order valence-corrected chi connectivity index (χ4v) is 3.28. The van der Waals surface area contributed by atoms with E-state index in [1.807, 2.05) is 18.7 Å². The van der Waals surface area contributed by atoms with Gasteiger partial charge < -0.3 is 9.84 Å². The van der Waals surface area contributed by atoms with Crippen molar-refractivity contribution < 1.29 is 18.1 Å². The molecule has 1 N–H and O–H groups in total. The summed E-state index contributed by atoms with van der Waals surface area (Å²) < 4.78 is 32.2. The lowest BCUT2D eigenvalue weighted by molar-refractivity contribution is -0.123. The molecule has 9 heteroatoms. The standard InChI is InChI=1S/C20H27F2N5O2/c1-13(2)20-24-19(29-25-20)12-27-8-6-26(7-9-27)11-18(28)23-14(3)16-5-4-15(21)10-17(16)22/h4-5,10,13-14H,6-9,11-12H2,1-3H3,(H,23,28)/t14-/m0/s1. The molecule has 1 aliphatic rings. The second kappa shape index (κ2) is 9.41. The number of aromatic nitrogens is 2. The molecule has 0 aliphatic carbocycles. The van der Waals surface area contributed by atoms with Crippen LogP contribution in [0.3, 0.4) is 0 Å². The molecule has 1 amide bonds. The Kier molecular flexibility index (Phi) is 6.92. The number of hydrogen-bond donors (Lipinski definition) is 1. The first-order chi connectivity index (χ1) is 13.8. The van der Waals surface area contributed by atoms with Crippen molar-refractivity contribution in [3.05, 3.63) is 47.1 Å². The number of piperazine rings is 1. The molecular formula is C20H27F2N5O2. The maximum Gasteiger partial charge on any atom is 0.240 e. The minimum absolute atomic E-state index is 0.187. The average molecular weight is 407 g/mol. The summed E-state index contributed by atoms with van der Waals surface area (Å²) in [5.74, 6) is 0.0653. The predicted octanol–water partition coefficient (Wildman–Crippen LogP) is 2.47. The van der Waals surface area contributed by atoms with Gasteiger partial charge in [0.2, 0.25) is 11.8 Å². The van der Waals surface area contributed by atoms with Crippen molar-refractivity contribution in [1.29, 1.82) is 0 Å². The van der Waals surface area contributed by atoms with Gasteiger partial charge in [-0.15, -0.1) is 0 Å². The maximum atomic E-state index is 13.9. The first kappa shape index (κ1) is 21.3. The van der Waals surface area contributed by atoms with Crippen LogP contribution in [0.5, 0.6) is 0 Å². The number of nitrogens with zero attached hydrogens (tertiary/aromatic N) is 4. The third-order valence-corrected chi connectivity index (χ3v) is 5.00. The topological polar surface area (TPSA) is 74.5 Å². The summed E-state index contributed by atoms with van der Waals surface area (Å²) in [6.45, 7) is 9.59. The number of carbonyl (C=O) groups excluding carboxylic acids is 1. The molecule has 0 saturated carbocycles. The van der Waals surface area contributed by atoms with Crippen LogP contribution in [0.15, 0.2) is 22.7 Å². The second-order valence-electron chi connectivity index (χ2n) is 7.71. The summed E-state index contributed by atoms with van der Waals surface area (Å²) >= 11 is 0. The van der Waals surface area contributed by atoms with Crippen LogP contribution in [0.4, 0.5) is 8.78 Å². The van der Waals surface area contributed by atoms with Crippen molar-refractivity contribution in [2.24, 2.45) is 0 Å². The van der Waals surface area contributed by atoms with Crippen LogP contribution in [-0.4, -0.2) is 58.6 Å². The molecule has 158 valence electrons. The molecule has 7 nitrogen and oxygen atoms in total. The summed E-state index contributed by atoms with van der Waals surface area (Å²) in [5, 5.41) is 6.75. The first-order valence-electron chi connectivity index (χ1n) is 9.83. The Morgan fingerprint density at radius 1 is 1.17 bits per heavy atom. The van der Waals surface area contributed by atoms with E-state index < -0.39 is 17.7 Å². The van der Waals surface area contributed by atoms with E-state index in [1.54, 1.807) is 6.92 Å². The molecular weight excluding hydrogens is 380 g/mol. The van der Waals surface area contributed by atoms with Gasteiger partial charge in [0.25, 0.3) is 0 Å². The summed E-state index contributed by atoms with van der Waals surface area (Å²) in [4.78, 5) is 21.0. The van der Waals surface area contributed by atoms with E-state index in [-0.39, 0.29) is 23.9 Å². The number of nitrogens with one attached hydrogen (secondary N) is 1. The van der Waals surface area contributed by atoms with Crippen LogP contribution in [-0.2, 0) is 11.3 Å². The zero-order valence-electron chi connectivity index (χ0n) is 17.0. The number of carbonyl (C=O) groups is 1. The lowest BCUT2D eigenvalue weighted by Gasteiger charge is -2.33. The molecule has 3 rings (SSSR count). The smallest absolute Gasteiger partial charge is 0.240 e. The highest BCUT2D eigenvalue weighted by atomic mass is 19.1. The van der Waals surface area contributed by atoms with Crippen molar-refractivity contribution in [3.8, 4) is 0 Å². The minimum Gasteiger partial charge on any atom is -0.348 e. The van der Waals surface area contributed by atoms with Crippen LogP contribution in [0.2, 0.25) is 0 Å². The molecule has 1 aromatic carbocycles. The van der Waals surface area contributed by atoms with Crippen LogP contribution in [0.1, 0.15) is 50.0 Å². The van der Waals surface area contributed by atoms with E-state index in [4.69, 9.17) is 4.52 Å². The molecule has 1 fully saturated rings. The van der Waals surface area contributed by atoms with E-state index in [0.29, 0.717) is 18.3 Å². The third kappa shape index (κ3) is 5.80. The highest BCUT2D eigenvalue weighted by Crippen LogP contribution is 2.18. The molecule has 2 aromatic rings. The Hall–Kier alpha value is -2.39. The van der Waals surface area contributed by atoms with Crippen LogP contribution in [0, 0.1) is 11.6 Å². The van der Waals surface area contributed by atoms with Gasteiger partial charge in [0.15, 0.2) is 5.82 Å². The zero-order chi connectivity index (χ0) is 21.0. The Labute approximate surface area is 169 Å². The molecule has 0 radical (unpaired) electrons. The van der Waals surface area contributed by atoms with Gasteiger partial charge in [0.1, 0.15) is 11.6 Å². The van der Waals surface area contributed by atoms with Gasteiger partial charge in [-0.05, 0) is 13.0 Å². The molecule has 2 heterocycles. The van der Waals surface area contributed by atoms with Crippen LogP contribution >= 0.6 is 0 Å². The van der Waals surface area contributed by atoms with Gasteiger partial charge in [0.05, 0.1) is 19.1 Å². The Morgan fingerprint density at radius 3 is 2.48 bits per heavy atom.